The van der Waals surface area contributed by atoms with Crippen molar-refractivity contribution < 1.29 is 4.42 Å². The number of hydrogen-bond acceptors (Lipinski definition) is 3. The molecule has 1 aromatic carbocycles. The zero-order chi connectivity index (χ0) is 14.1. The first-order valence-electron chi connectivity index (χ1n) is 6.37. The van der Waals surface area contributed by atoms with Crippen LogP contribution >= 0.6 is 11.6 Å². The second kappa shape index (κ2) is 5.06. The fourth-order valence-corrected chi connectivity index (χ4v) is 2.51. The monoisotopic (exact) mass is 287 g/mol. The normalized spacial score (nSPS) is 10.9. The summed E-state index contributed by atoms with van der Waals surface area (Å²) in [6.07, 6.45) is 2.48. The van der Waals surface area contributed by atoms with Gasteiger partial charge in [-0.15, -0.1) is 0 Å². The van der Waals surface area contributed by atoms with Crippen molar-refractivity contribution in [3.05, 3.63) is 47.4 Å². The Morgan fingerprint density at radius 2 is 2.20 bits per heavy atom. The fourth-order valence-electron chi connectivity index (χ4n) is 2.32. The summed E-state index contributed by atoms with van der Waals surface area (Å²) in [5, 5.41) is 7.78. The predicted molar refractivity (Wildman–Crippen MR) is 80.5 cm³/mol. The van der Waals surface area contributed by atoms with Crippen molar-refractivity contribution in [2.24, 2.45) is 0 Å². The molecule has 20 heavy (non-hydrogen) atoms. The van der Waals surface area contributed by atoms with Crippen LogP contribution in [-0.4, -0.2) is 10.2 Å². The maximum absolute atomic E-state index is 6.06. The second-order valence-electron chi connectivity index (χ2n) is 4.48. The Bertz CT molecular complexity index is 745. The van der Waals surface area contributed by atoms with Gasteiger partial charge in [0.25, 0.3) is 0 Å². The van der Waals surface area contributed by atoms with E-state index in [2.05, 4.69) is 10.2 Å². The molecule has 0 aliphatic rings. The number of aryl methyl sites for hydroxylation is 1. The lowest BCUT2D eigenvalue weighted by atomic mass is 10.0. The van der Waals surface area contributed by atoms with Gasteiger partial charge in [0.1, 0.15) is 5.76 Å². The predicted octanol–water partition coefficient (Wildman–Crippen LogP) is 4.13. The van der Waals surface area contributed by atoms with Crippen LogP contribution in [0.4, 0.5) is 5.82 Å². The summed E-state index contributed by atoms with van der Waals surface area (Å²) in [5.74, 6) is 1.35. The minimum absolute atomic E-state index is 0.450. The number of rotatable bonds is 3. The molecule has 0 atom stereocenters. The van der Waals surface area contributed by atoms with E-state index in [0.717, 1.165) is 34.6 Å². The van der Waals surface area contributed by atoms with E-state index in [1.807, 2.05) is 37.3 Å². The number of anilines is 1. The number of benzene rings is 1. The lowest BCUT2D eigenvalue weighted by molar-refractivity contribution is 0.517. The third-order valence-corrected chi connectivity index (χ3v) is 3.48. The third kappa shape index (κ3) is 2.08. The number of aromatic nitrogens is 2. The van der Waals surface area contributed by atoms with Crippen molar-refractivity contribution in [3.63, 3.8) is 0 Å². The maximum atomic E-state index is 6.06. The molecule has 2 aromatic heterocycles. The second-order valence-corrected chi connectivity index (χ2v) is 4.92. The van der Waals surface area contributed by atoms with E-state index in [4.69, 9.17) is 21.8 Å². The molecule has 0 radical (unpaired) electrons. The average Bonchev–Trinajstić information content (AvgIpc) is 3.04. The van der Waals surface area contributed by atoms with E-state index in [1.54, 1.807) is 6.26 Å². The Hall–Kier alpha value is -2.20. The molecule has 0 aliphatic heterocycles. The van der Waals surface area contributed by atoms with Gasteiger partial charge in [0.15, 0.2) is 5.82 Å². The molecule has 5 heteroatoms. The number of nitrogen functional groups attached to an aromatic ring is 1. The first-order chi connectivity index (χ1) is 9.70. The zero-order valence-corrected chi connectivity index (χ0v) is 11.7. The van der Waals surface area contributed by atoms with E-state index < -0.39 is 0 Å². The number of nitrogens with one attached hydrogen (secondary N) is 1. The number of aromatic amines is 1. The van der Waals surface area contributed by atoms with Gasteiger partial charge in [-0.3, -0.25) is 5.10 Å². The smallest absolute Gasteiger partial charge is 0.153 e. The molecule has 3 N–H and O–H groups in total. The topological polar surface area (TPSA) is 67.8 Å². The lowest BCUT2D eigenvalue weighted by Gasteiger charge is -2.05. The number of halogens is 1. The minimum Gasteiger partial charge on any atom is -0.469 e. The highest BCUT2D eigenvalue weighted by Gasteiger charge is 2.18. The molecule has 3 aromatic rings. The van der Waals surface area contributed by atoms with Crippen LogP contribution in [0.5, 0.6) is 0 Å². The molecule has 0 aliphatic carbocycles. The molecule has 0 fully saturated rings. The summed E-state index contributed by atoms with van der Waals surface area (Å²) < 4.78 is 5.48. The first-order valence-corrected chi connectivity index (χ1v) is 6.75. The van der Waals surface area contributed by atoms with Crippen LogP contribution in [0.2, 0.25) is 5.02 Å². The van der Waals surface area contributed by atoms with Crippen molar-refractivity contribution in [1.29, 1.82) is 0 Å². The molecule has 3 rings (SSSR count). The van der Waals surface area contributed by atoms with E-state index in [0.29, 0.717) is 10.8 Å². The van der Waals surface area contributed by atoms with Crippen LogP contribution in [0.1, 0.15) is 12.7 Å². The third-order valence-electron chi connectivity index (χ3n) is 3.24. The maximum Gasteiger partial charge on any atom is 0.153 e. The molecule has 0 saturated carbocycles. The van der Waals surface area contributed by atoms with Gasteiger partial charge in [-0.1, -0.05) is 30.7 Å². The van der Waals surface area contributed by atoms with Crippen LogP contribution < -0.4 is 5.73 Å². The first kappa shape index (κ1) is 12.8. The number of hydrogen-bond donors (Lipinski definition) is 2. The number of nitrogens with two attached hydrogens (primary N) is 1. The highest BCUT2D eigenvalue weighted by molar-refractivity contribution is 6.30. The van der Waals surface area contributed by atoms with Gasteiger partial charge in [-0.2, -0.15) is 5.10 Å². The highest BCUT2D eigenvalue weighted by Crippen LogP contribution is 2.37. The summed E-state index contributed by atoms with van der Waals surface area (Å²) >= 11 is 6.06. The standard InChI is InChI=1S/C15H14ClN3O/c1-2-12-11(6-7-20-12)14-13(15(17)19-18-14)9-4-3-5-10(16)8-9/h3-8H,2H2,1H3,(H3,17,18,19). The van der Waals surface area contributed by atoms with Crippen molar-refractivity contribution in [3.8, 4) is 22.4 Å². The van der Waals surface area contributed by atoms with E-state index in [9.17, 15) is 0 Å². The Balaban J connectivity index is 2.20. The highest BCUT2D eigenvalue weighted by atomic mass is 35.5. The van der Waals surface area contributed by atoms with Gasteiger partial charge in [-0.25, -0.2) is 0 Å². The van der Waals surface area contributed by atoms with Crippen LogP contribution in [0.3, 0.4) is 0 Å². The molecule has 0 bridgehead atoms. The van der Waals surface area contributed by atoms with Crippen molar-refractivity contribution in [2.45, 2.75) is 13.3 Å². The van der Waals surface area contributed by atoms with Gasteiger partial charge < -0.3 is 10.2 Å². The van der Waals surface area contributed by atoms with Crippen LogP contribution in [0.15, 0.2) is 41.0 Å². The van der Waals surface area contributed by atoms with Gasteiger partial charge in [-0.05, 0) is 23.8 Å². The Labute approximate surface area is 121 Å². The Morgan fingerprint density at radius 3 is 2.95 bits per heavy atom. The molecule has 0 amide bonds. The number of nitrogens with zero attached hydrogens (tertiary/aromatic N) is 1. The van der Waals surface area contributed by atoms with E-state index >= 15 is 0 Å². The summed E-state index contributed by atoms with van der Waals surface area (Å²) in [6, 6.07) is 9.47. The molecular weight excluding hydrogens is 274 g/mol. The quantitative estimate of drug-likeness (QED) is 0.761. The minimum atomic E-state index is 0.450. The fraction of sp³-hybridized carbons (Fsp3) is 0.133. The largest absolute Gasteiger partial charge is 0.469 e. The summed E-state index contributed by atoms with van der Waals surface area (Å²) in [7, 11) is 0. The van der Waals surface area contributed by atoms with Crippen LogP contribution in [-0.2, 0) is 6.42 Å². The molecule has 0 spiro atoms. The Kier molecular flexibility index (Phi) is 3.24. The lowest BCUT2D eigenvalue weighted by Crippen LogP contribution is -1.89. The summed E-state index contributed by atoms with van der Waals surface area (Å²) in [4.78, 5) is 0. The molecule has 4 nitrogen and oxygen atoms in total. The molecular formula is C15H14ClN3O. The van der Waals surface area contributed by atoms with E-state index in [-0.39, 0.29) is 0 Å². The molecule has 2 heterocycles. The van der Waals surface area contributed by atoms with Crippen molar-refractivity contribution in [1.82, 2.24) is 10.2 Å². The van der Waals surface area contributed by atoms with Crippen molar-refractivity contribution in [2.75, 3.05) is 5.73 Å². The number of H-pyrrole nitrogens is 1. The SMILES string of the molecule is CCc1occc1-c1[nH]nc(N)c1-c1cccc(Cl)c1. The van der Waals surface area contributed by atoms with Gasteiger partial charge >= 0.3 is 0 Å². The van der Waals surface area contributed by atoms with Crippen molar-refractivity contribution >= 4 is 17.4 Å². The van der Waals surface area contributed by atoms with Gasteiger partial charge in [0, 0.05) is 17.0 Å². The average molecular weight is 288 g/mol. The Morgan fingerprint density at radius 1 is 1.35 bits per heavy atom. The zero-order valence-electron chi connectivity index (χ0n) is 11.0. The number of furan rings is 1. The summed E-state index contributed by atoms with van der Waals surface area (Å²) in [5.41, 5.74) is 9.62. The van der Waals surface area contributed by atoms with Crippen LogP contribution in [0, 0.1) is 0 Å². The molecule has 0 unspecified atom stereocenters. The summed E-state index contributed by atoms with van der Waals surface area (Å²) in [6.45, 7) is 2.04. The van der Waals surface area contributed by atoms with Gasteiger partial charge in [0.05, 0.1) is 17.5 Å². The van der Waals surface area contributed by atoms with Crippen LogP contribution in [0.25, 0.3) is 22.4 Å². The van der Waals surface area contributed by atoms with Gasteiger partial charge in [0.2, 0.25) is 0 Å². The molecule has 0 saturated heterocycles. The molecule has 102 valence electrons. The van der Waals surface area contributed by atoms with E-state index in [1.165, 1.54) is 0 Å².